The van der Waals surface area contributed by atoms with Crippen LogP contribution in [0.15, 0.2) is 66.7 Å². The maximum absolute atomic E-state index is 11.3. The molecule has 1 aromatic heterocycles. The van der Waals surface area contributed by atoms with E-state index in [2.05, 4.69) is 0 Å². The number of para-hydroxylation sites is 1. The van der Waals surface area contributed by atoms with Crippen LogP contribution in [0.4, 0.5) is 0 Å². The molecule has 0 aliphatic carbocycles. The van der Waals surface area contributed by atoms with E-state index in [0.29, 0.717) is 22.3 Å². The van der Waals surface area contributed by atoms with Crippen LogP contribution in [0, 0.1) is 0 Å². The minimum atomic E-state index is -4.17. The van der Waals surface area contributed by atoms with Gasteiger partial charge in [-0.15, -0.1) is 0 Å². The SMILES string of the molecule is O=S(=O)(O)Cc1ccc(-c2nc3ccccc3c3cc(CS(=O)(=O)O)ccc23)cc1. The van der Waals surface area contributed by atoms with Crippen molar-refractivity contribution < 1.29 is 25.9 Å². The van der Waals surface area contributed by atoms with E-state index in [4.69, 9.17) is 9.54 Å². The van der Waals surface area contributed by atoms with E-state index in [0.717, 1.165) is 21.7 Å². The van der Waals surface area contributed by atoms with Crippen LogP contribution in [-0.4, -0.2) is 30.9 Å². The van der Waals surface area contributed by atoms with Crippen LogP contribution >= 0.6 is 0 Å². The molecule has 7 nitrogen and oxygen atoms in total. The molecule has 0 aliphatic heterocycles. The summed E-state index contributed by atoms with van der Waals surface area (Å²) in [4.78, 5) is 4.75. The fourth-order valence-corrected chi connectivity index (χ4v) is 4.70. The third-order valence-corrected chi connectivity index (χ3v) is 6.09. The maximum Gasteiger partial charge on any atom is 0.269 e. The fraction of sp³-hybridized carbons (Fsp3) is 0.0952. The van der Waals surface area contributed by atoms with Crippen molar-refractivity contribution in [3.63, 3.8) is 0 Å². The van der Waals surface area contributed by atoms with E-state index in [1.165, 1.54) is 0 Å². The lowest BCUT2D eigenvalue weighted by molar-refractivity contribution is 0.479. The molecule has 0 saturated carbocycles. The molecule has 3 aromatic carbocycles. The summed E-state index contributed by atoms with van der Waals surface area (Å²) < 4.78 is 63.0. The van der Waals surface area contributed by atoms with Crippen molar-refractivity contribution in [2.45, 2.75) is 11.5 Å². The maximum atomic E-state index is 11.3. The average Bonchev–Trinajstić information content (AvgIpc) is 2.65. The molecule has 1 heterocycles. The molecule has 154 valence electrons. The number of aromatic nitrogens is 1. The number of fused-ring (bicyclic) bond motifs is 3. The highest BCUT2D eigenvalue weighted by Gasteiger charge is 2.14. The summed E-state index contributed by atoms with van der Waals surface area (Å²) in [6, 6.07) is 19.2. The zero-order valence-corrected chi connectivity index (χ0v) is 17.2. The van der Waals surface area contributed by atoms with Crippen molar-refractivity contribution >= 4 is 41.9 Å². The molecule has 0 fully saturated rings. The molecular formula is C21H17NO6S2. The average molecular weight is 444 g/mol. The van der Waals surface area contributed by atoms with Crippen LogP contribution in [-0.2, 0) is 31.7 Å². The van der Waals surface area contributed by atoms with Crippen molar-refractivity contribution in [2.75, 3.05) is 0 Å². The lowest BCUT2D eigenvalue weighted by atomic mass is 9.98. The van der Waals surface area contributed by atoms with Gasteiger partial charge in [0.15, 0.2) is 0 Å². The van der Waals surface area contributed by atoms with Crippen molar-refractivity contribution in [3.8, 4) is 11.3 Å². The molecular weight excluding hydrogens is 426 g/mol. The second kappa shape index (κ2) is 7.44. The quantitative estimate of drug-likeness (QED) is 0.355. The summed E-state index contributed by atoms with van der Waals surface area (Å²) in [7, 11) is -8.29. The highest BCUT2D eigenvalue weighted by atomic mass is 32.2. The Morgan fingerprint density at radius 1 is 0.667 bits per heavy atom. The highest BCUT2D eigenvalue weighted by Crippen LogP contribution is 2.33. The molecule has 0 amide bonds. The largest absolute Gasteiger partial charge is 0.285 e. The van der Waals surface area contributed by atoms with Crippen molar-refractivity contribution in [3.05, 3.63) is 77.9 Å². The molecule has 9 heteroatoms. The van der Waals surface area contributed by atoms with Gasteiger partial charge >= 0.3 is 0 Å². The number of benzene rings is 3. The van der Waals surface area contributed by atoms with Crippen molar-refractivity contribution in [1.29, 1.82) is 0 Å². The normalized spacial score (nSPS) is 12.5. The molecule has 0 spiro atoms. The van der Waals surface area contributed by atoms with E-state index in [-0.39, 0.29) is 0 Å². The van der Waals surface area contributed by atoms with Crippen LogP contribution in [0.1, 0.15) is 11.1 Å². The van der Waals surface area contributed by atoms with Gasteiger partial charge in [-0.25, -0.2) is 4.98 Å². The summed E-state index contributed by atoms with van der Waals surface area (Å²) in [5, 5.41) is 2.42. The number of rotatable bonds is 5. The Kier molecular flexibility index (Phi) is 5.07. The lowest BCUT2D eigenvalue weighted by Gasteiger charge is -2.12. The molecule has 0 bridgehead atoms. The Hall–Kier alpha value is -2.85. The summed E-state index contributed by atoms with van der Waals surface area (Å²) in [5.41, 5.74) is 3.01. The third-order valence-electron chi connectivity index (χ3n) is 4.69. The Morgan fingerprint density at radius 3 is 1.93 bits per heavy atom. The van der Waals surface area contributed by atoms with Gasteiger partial charge in [-0.3, -0.25) is 9.11 Å². The van der Waals surface area contributed by atoms with Crippen molar-refractivity contribution in [2.24, 2.45) is 0 Å². The van der Waals surface area contributed by atoms with Crippen LogP contribution in [0.2, 0.25) is 0 Å². The fourth-order valence-electron chi connectivity index (χ4n) is 3.49. The predicted octanol–water partition coefficient (Wildman–Crippen LogP) is 3.83. The van der Waals surface area contributed by atoms with Gasteiger partial charge in [0, 0.05) is 16.3 Å². The first-order valence-electron chi connectivity index (χ1n) is 8.90. The van der Waals surface area contributed by atoms with E-state index in [9.17, 15) is 21.4 Å². The third kappa shape index (κ3) is 4.49. The minimum Gasteiger partial charge on any atom is -0.285 e. The second-order valence-electron chi connectivity index (χ2n) is 7.01. The van der Waals surface area contributed by atoms with Crippen LogP contribution in [0.3, 0.4) is 0 Å². The number of hydrogen-bond donors (Lipinski definition) is 2. The van der Waals surface area contributed by atoms with Gasteiger partial charge in [0.05, 0.1) is 11.2 Å². The lowest BCUT2D eigenvalue weighted by Crippen LogP contribution is -2.02. The topological polar surface area (TPSA) is 122 Å². The van der Waals surface area contributed by atoms with Crippen LogP contribution < -0.4 is 0 Å². The molecule has 0 aliphatic rings. The molecule has 4 rings (SSSR count). The summed E-state index contributed by atoms with van der Waals surface area (Å²) in [6.07, 6.45) is 0. The van der Waals surface area contributed by atoms with E-state index in [1.54, 1.807) is 42.5 Å². The Labute approximate surface area is 173 Å². The first kappa shape index (κ1) is 20.4. The molecule has 0 radical (unpaired) electrons. The monoisotopic (exact) mass is 443 g/mol. The first-order chi connectivity index (χ1) is 14.1. The van der Waals surface area contributed by atoms with Gasteiger partial charge < -0.3 is 0 Å². The van der Waals surface area contributed by atoms with Gasteiger partial charge in [-0.05, 0) is 28.6 Å². The van der Waals surface area contributed by atoms with E-state index < -0.39 is 31.7 Å². The van der Waals surface area contributed by atoms with Crippen LogP contribution in [0.25, 0.3) is 32.9 Å². The molecule has 30 heavy (non-hydrogen) atoms. The second-order valence-corrected chi connectivity index (χ2v) is 9.91. The van der Waals surface area contributed by atoms with E-state index in [1.807, 2.05) is 24.3 Å². The highest BCUT2D eigenvalue weighted by molar-refractivity contribution is 7.85. The number of pyridine rings is 1. The van der Waals surface area contributed by atoms with Crippen LogP contribution in [0.5, 0.6) is 0 Å². The van der Waals surface area contributed by atoms with E-state index >= 15 is 0 Å². The Bertz CT molecular complexity index is 1480. The molecule has 4 aromatic rings. The van der Waals surface area contributed by atoms with Gasteiger partial charge in [0.1, 0.15) is 11.5 Å². The molecule has 2 N–H and O–H groups in total. The first-order valence-corrected chi connectivity index (χ1v) is 12.1. The standard InChI is InChI=1S/C21H17NO6S2/c23-29(24,25)12-14-5-8-16(9-6-14)21-18-10-7-15(13-30(26,27)28)11-19(18)17-3-1-2-4-20(17)22-21/h1-11H,12-13H2,(H,23,24,25)(H,26,27,28). The van der Waals surface area contributed by atoms with Gasteiger partial charge in [0.25, 0.3) is 20.2 Å². The Morgan fingerprint density at radius 2 is 1.27 bits per heavy atom. The van der Waals surface area contributed by atoms with Gasteiger partial charge in [-0.1, -0.05) is 54.6 Å². The zero-order valence-electron chi connectivity index (χ0n) is 15.6. The predicted molar refractivity (Wildman–Crippen MR) is 115 cm³/mol. The summed E-state index contributed by atoms with van der Waals surface area (Å²) in [6.45, 7) is 0. The zero-order chi connectivity index (χ0) is 21.5. The summed E-state index contributed by atoms with van der Waals surface area (Å²) in [5.74, 6) is -0.961. The molecule has 0 saturated heterocycles. The van der Waals surface area contributed by atoms with Crippen molar-refractivity contribution in [1.82, 2.24) is 4.98 Å². The molecule has 0 atom stereocenters. The smallest absolute Gasteiger partial charge is 0.269 e. The van der Waals surface area contributed by atoms with Gasteiger partial charge in [-0.2, -0.15) is 16.8 Å². The van der Waals surface area contributed by atoms with Gasteiger partial charge in [0.2, 0.25) is 0 Å². The molecule has 0 unspecified atom stereocenters. The minimum absolute atomic E-state index is 0.446. The number of hydrogen-bond acceptors (Lipinski definition) is 5. The number of nitrogens with zero attached hydrogens (tertiary/aromatic N) is 1. The Balaban J connectivity index is 1.91. The summed E-state index contributed by atoms with van der Waals surface area (Å²) >= 11 is 0.